The van der Waals surface area contributed by atoms with Crippen molar-refractivity contribution in [2.24, 2.45) is 4.99 Å². The Morgan fingerprint density at radius 1 is 1.18 bits per heavy atom. The van der Waals surface area contributed by atoms with E-state index in [1.807, 2.05) is 6.92 Å². The van der Waals surface area contributed by atoms with Crippen LogP contribution in [-0.2, 0) is 19.3 Å². The summed E-state index contributed by atoms with van der Waals surface area (Å²) in [6, 6.07) is 0. The van der Waals surface area contributed by atoms with Crippen LogP contribution in [0.15, 0.2) is 4.99 Å². The van der Waals surface area contributed by atoms with E-state index in [0.29, 0.717) is 32.3 Å². The molecule has 0 saturated carbocycles. The molecule has 7 nitrogen and oxygen atoms in total. The van der Waals surface area contributed by atoms with Crippen molar-refractivity contribution in [1.82, 2.24) is 10.6 Å². The molecule has 0 rings (SSSR count). The highest BCUT2D eigenvalue weighted by molar-refractivity contribution is 7.92. The number of guanidine groups is 1. The van der Waals surface area contributed by atoms with Gasteiger partial charge in [-0.3, -0.25) is 4.99 Å². The molecule has 0 radical (unpaired) electrons. The SMILES string of the molecule is CCNC(=NCC(C)(C)S(C)(=O)=O)NCCCOCCOC. The molecule has 8 heteroatoms. The highest BCUT2D eigenvalue weighted by Gasteiger charge is 2.29. The minimum absolute atomic E-state index is 0.214. The van der Waals surface area contributed by atoms with Crippen LogP contribution in [0.5, 0.6) is 0 Å². The van der Waals surface area contributed by atoms with Gasteiger partial charge in [0.05, 0.1) is 24.5 Å². The molecule has 0 aliphatic carbocycles. The van der Waals surface area contributed by atoms with Crippen molar-refractivity contribution in [3.8, 4) is 0 Å². The van der Waals surface area contributed by atoms with Gasteiger partial charge in [0, 0.05) is 33.1 Å². The predicted molar refractivity (Wildman–Crippen MR) is 90.2 cm³/mol. The first-order chi connectivity index (χ1) is 10.2. The Bertz CT molecular complexity index is 422. The van der Waals surface area contributed by atoms with E-state index in [0.717, 1.165) is 13.0 Å². The lowest BCUT2D eigenvalue weighted by atomic mass is 10.2. The van der Waals surface area contributed by atoms with Crippen LogP contribution in [0, 0.1) is 0 Å². The average molecular weight is 337 g/mol. The molecule has 0 bridgehead atoms. The van der Waals surface area contributed by atoms with Crippen molar-refractivity contribution in [3.05, 3.63) is 0 Å². The zero-order valence-corrected chi connectivity index (χ0v) is 15.3. The third-order valence-electron chi connectivity index (χ3n) is 3.16. The van der Waals surface area contributed by atoms with Crippen LogP contribution in [-0.4, -0.2) is 71.9 Å². The monoisotopic (exact) mass is 337 g/mol. The quantitative estimate of drug-likeness (QED) is 0.323. The lowest BCUT2D eigenvalue weighted by molar-refractivity contribution is 0.0698. The van der Waals surface area contributed by atoms with Gasteiger partial charge in [0.2, 0.25) is 0 Å². The Morgan fingerprint density at radius 3 is 2.41 bits per heavy atom. The fraction of sp³-hybridized carbons (Fsp3) is 0.929. The molecule has 0 atom stereocenters. The van der Waals surface area contributed by atoms with Crippen LogP contribution >= 0.6 is 0 Å². The van der Waals surface area contributed by atoms with Gasteiger partial charge in [0.25, 0.3) is 0 Å². The first-order valence-corrected chi connectivity index (χ1v) is 9.42. The number of hydrogen-bond acceptors (Lipinski definition) is 5. The maximum absolute atomic E-state index is 11.7. The Balaban J connectivity index is 4.23. The molecule has 0 aromatic carbocycles. The van der Waals surface area contributed by atoms with Gasteiger partial charge in [0.1, 0.15) is 0 Å². The number of rotatable bonds is 11. The lowest BCUT2D eigenvalue weighted by Crippen LogP contribution is -2.41. The molecule has 0 unspecified atom stereocenters. The summed E-state index contributed by atoms with van der Waals surface area (Å²) in [5.41, 5.74) is 0. The molecule has 0 aromatic rings. The highest BCUT2D eigenvalue weighted by atomic mass is 32.2. The van der Waals surface area contributed by atoms with Crippen molar-refractivity contribution in [1.29, 1.82) is 0 Å². The second kappa shape index (κ2) is 10.8. The molecule has 0 spiro atoms. The molecule has 22 heavy (non-hydrogen) atoms. The summed E-state index contributed by atoms with van der Waals surface area (Å²) in [5, 5.41) is 6.27. The first kappa shape index (κ1) is 21.1. The van der Waals surface area contributed by atoms with Gasteiger partial charge in [-0.15, -0.1) is 0 Å². The van der Waals surface area contributed by atoms with E-state index in [2.05, 4.69) is 15.6 Å². The molecular formula is C14H31N3O4S. The minimum Gasteiger partial charge on any atom is -0.382 e. The molecule has 0 aliphatic heterocycles. The van der Waals surface area contributed by atoms with Crippen LogP contribution in [0.4, 0.5) is 0 Å². The number of nitrogens with zero attached hydrogens (tertiary/aromatic N) is 1. The van der Waals surface area contributed by atoms with Gasteiger partial charge in [-0.05, 0) is 27.2 Å². The number of nitrogens with one attached hydrogen (secondary N) is 2. The van der Waals surface area contributed by atoms with Crippen molar-refractivity contribution >= 4 is 15.8 Å². The van der Waals surface area contributed by atoms with Crippen LogP contribution in [0.25, 0.3) is 0 Å². The molecular weight excluding hydrogens is 306 g/mol. The van der Waals surface area contributed by atoms with Crippen LogP contribution in [0.1, 0.15) is 27.2 Å². The van der Waals surface area contributed by atoms with Crippen molar-refractivity contribution in [2.45, 2.75) is 31.9 Å². The second-order valence-corrected chi connectivity index (χ2v) is 8.26. The smallest absolute Gasteiger partial charge is 0.191 e. The van der Waals surface area contributed by atoms with Crippen molar-refractivity contribution in [2.75, 3.05) is 52.8 Å². The summed E-state index contributed by atoms with van der Waals surface area (Å²) in [5.74, 6) is 0.621. The number of aliphatic imine (C=N–C) groups is 1. The van der Waals surface area contributed by atoms with Gasteiger partial charge in [-0.25, -0.2) is 8.42 Å². The van der Waals surface area contributed by atoms with E-state index in [1.165, 1.54) is 6.26 Å². The Labute approximate surface area is 134 Å². The third-order valence-corrected chi connectivity index (χ3v) is 5.29. The van der Waals surface area contributed by atoms with E-state index in [1.54, 1.807) is 21.0 Å². The number of methoxy groups -OCH3 is 1. The van der Waals surface area contributed by atoms with Gasteiger partial charge >= 0.3 is 0 Å². The maximum atomic E-state index is 11.7. The zero-order chi connectivity index (χ0) is 17.1. The Hall–Kier alpha value is -0.860. The molecule has 0 aromatic heterocycles. The molecule has 0 heterocycles. The number of ether oxygens (including phenoxy) is 2. The largest absolute Gasteiger partial charge is 0.382 e. The number of hydrogen-bond donors (Lipinski definition) is 2. The van der Waals surface area contributed by atoms with E-state index >= 15 is 0 Å². The summed E-state index contributed by atoms with van der Waals surface area (Å²) in [6.45, 7) is 8.79. The summed E-state index contributed by atoms with van der Waals surface area (Å²) in [7, 11) is -1.50. The average Bonchev–Trinajstić information content (AvgIpc) is 2.42. The van der Waals surface area contributed by atoms with Gasteiger partial charge in [-0.1, -0.05) is 0 Å². The minimum atomic E-state index is -3.15. The Morgan fingerprint density at radius 2 is 1.86 bits per heavy atom. The summed E-state index contributed by atoms with van der Waals surface area (Å²) in [6.07, 6.45) is 2.07. The second-order valence-electron chi connectivity index (χ2n) is 5.61. The summed E-state index contributed by atoms with van der Waals surface area (Å²) < 4.78 is 32.7. The van der Waals surface area contributed by atoms with Gasteiger partial charge in [0.15, 0.2) is 15.8 Å². The van der Waals surface area contributed by atoms with Crippen LogP contribution in [0.2, 0.25) is 0 Å². The lowest BCUT2D eigenvalue weighted by Gasteiger charge is -2.21. The fourth-order valence-corrected chi connectivity index (χ4v) is 1.65. The number of sulfone groups is 1. The normalized spacial score (nSPS) is 13.2. The molecule has 2 N–H and O–H groups in total. The van der Waals surface area contributed by atoms with E-state index in [4.69, 9.17) is 9.47 Å². The molecule has 132 valence electrons. The van der Waals surface area contributed by atoms with Crippen LogP contribution < -0.4 is 10.6 Å². The standard InChI is InChI=1S/C14H31N3O4S/c1-6-15-13(16-8-7-9-21-11-10-20-4)17-12-14(2,3)22(5,18)19/h6-12H2,1-5H3,(H2,15,16,17). The first-order valence-electron chi connectivity index (χ1n) is 7.53. The summed E-state index contributed by atoms with van der Waals surface area (Å²) in [4.78, 5) is 4.35. The molecule has 0 saturated heterocycles. The maximum Gasteiger partial charge on any atom is 0.191 e. The molecule has 0 amide bonds. The fourth-order valence-electron chi connectivity index (χ4n) is 1.35. The van der Waals surface area contributed by atoms with Crippen molar-refractivity contribution in [3.63, 3.8) is 0 Å². The zero-order valence-electron chi connectivity index (χ0n) is 14.4. The van der Waals surface area contributed by atoms with E-state index in [-0.39, 0.29) is 6.54 Å². The molecule has 0 aliphatic rings. The van der Waals surface area contributed by atoms with Crippen molar-refractivity contribution < 1.29 is 17.9 Å². The highest BCUT2D eigenvalue weighted by Crippen LogP contribution is 2.14. The third kappa shape index (κ3) is 9.22. The summed E-state index contributed by atoms with van der Waals surface area (Å²) >= 11 is 0. The Kier molecular flexibility index (Phi) is 10.4. The van der Waals surface area contributed by atoms with E-state index < -0.39 is 14.6 Å². The van der Waals surface area contributed by atoms with Crippen LogP contribution in [0.3, 0.4) is 0 Å². The van der Waals surface area contributed by atoms with E-state index in [9.17, 15) is 8.42 Å². The predicted octanol–water partition coefficient (Wildman–Crippen LogP) is 0.418. The van der Waals surface area contributed by atoms with Gasteiger partial charge in [-0.2, -0.15) is 0 Å². The van der Waals surface area contributed by atoms with Gasteiger partial charge < -0.3 is 20.1 Å². The topological polar surface area (TPSA) is 89.0 Å². The molecule has 0 fully saturated rings.